The number of allylic oxidation sites excluding steroid dienone is 1. The molecule has 24 heavy (non-hydrogen) atoms. The van der Waals surface area contributed by atoms with Crippen LogP contribution in [0.5, 0.6) is 0 Å². The molecule has 0 bridgehead atoms. The van der Waals surface area contributed by atoms with Gasteiger partial charge in [-0.05, 0) is 61.2 Å². The molecule has 0 aromatic rings. The third-order valence-corrected chi connectivity index (χ3v) is 8.74. The summed E-state index contributed by atoms with van der Waals surface area (Å²) in [6.45, 7) is 6.81. The van der Waals surface area contributed by atoms with Crippen molar-refractivity contribution in [3.63, 3.8) is 0 Å². The van der Waals surface area contributed by atoms with Crippen LogP contribution in [-0.2, 0) is 4.79 Å². The molecule has 0 aromatic heterocycles. The summed E-state index contributed by atoms with van der Waals surface area (Å²) in [6, 6.07) is 0. The Morgan fingerprint density at radius 1 is 1.17 bits per heavy atom. The number of aliphatic hydroxyl groups is 2. The molecule has 3 fully saturated rings. The van der Waals surface area contributed by atoms with Gasteiger partial charge in [0.2, 0.25) is 0 Å². The quantitative estimate of drug-likeness (QED) is 0.567. The molecular weight excluding hydrogens is 300 g/mol. The number of Topliss-reactive ketones (excluding diaryl/α,β-unsaturated/α-hetero) is 1. The van der Waals surface area contributed by atoms with E-state index in [1.54, 1.807) is 0 Å². The molecule has 1 unspecified atom stereocenters. The van der Waals surface area contributed by atoms with Crippen LogP contribution in [0.3, 0.4) is 0 Å². The number of carbonyl (C=O) groups is 1. The fourth-order valence-electron chi connectivity index (χ4n) is 7.22. The Bertz CT molecular complexity index is 592. The Kier molecular flexibility index (Phi) is 3.61. The summed E-state index contributed by atoms with van der Waals surface area (Å²) in [5, 5.41) is 21.7. The van der Waals surface area contributed by atoms with E-state index in [0.29, 0.717) is 23.7 Å². The van der Waals surface area contributed by atoms with E-state index in [9.17, 15) is 15.0 Å². The predicted octanol–water partition coefficient (Wildman–Crippen LogP) is 3.84. The summed E-state index contributed by atoms with van der Waals surface area (Å²) in [6.07, 6.45) is 9.75. The lowest BCUT2D eigenvalue weighted by atomic mass is 9.47. The zero-order valence-corrected chi connectivity index (χ0v) is 15.3. The fourth-order valence-corrected chi connectivity index (χ4v) is 7.22. The molecule has 4 rings (SSSR count). The second-order valence-corrected chi connectivity index (χ2v) is 9.48. The lowest BCUT2D eigenvalue weighted by molar-refractivity contribution is -0.261. The van der Waals surface area contributed by atoms with E-state index in [-0.39, 0.29) is 18.1 Å². The molecule has 3 saturated carbocycles. The molecule has 0 aromatic carbocycles. The van der Waals surface area contributed by atoms with Crippen molar-refractivity contribution >= 4 is 5.78 Å². The summed E-state index contributed by atoms with van der Waals surface area (Å²) < 4.78 is 0. The van der Waals surface area contributed by atoms with E-state index < -0.39 is 11.2 Å². The molecule has 0 radical (unpaired) electrons. The van der Waals surface area contributed by atoms with Crippen LogP contribution < -0.4 is 0 Å². The lowest BCUT2D eigenvalue weighted by Gasteiger charge is -2.59. The summed E-state index contributed by atoms with van der Waals surface area (Å²) in [5.41, 5.74) is 1.01. The first-order valence-electron chi connectivity index (χ1n) is 9.91. The van der Waals surface area contributed by atoms with Crippen molar-refractivity contribution in [2.75, 3.05) is 0 Å². The molecule has 0 aliphatic heterocycles. The molecule has 3 heteroatoms. The van der Waals surface area contributed by atoms with Gasteiger partial charge in [-0.3, -0.25) is 4.79 Å². The van der Waals surface area contributed by atoms with Crippen LogP contribution in [0.25, 0.3) is 0 Å². The van der Waals surface area contributed by atoms with E-state index >= 15 is 0 Å². The molecule has 134 valence electrons. The molecule has 4 aliphatic rings. The topological polar surface area (TPSA) is 57.5 Å². The average Bonchev–Trinajstić information content (AvgIpc) is 2.84. The van der Waals surface area contributed by atoms with Crippen molar-refractivity contribution < 1.29 is 15.0 Å². The summed E-state index contributed by atoms with van der Waals surface area (Å²) in [4.78, 5) is 12.0. The highest BCUT2D eigenvalue weighted by Crippen LogP contribution is 2.66. The minimum Gasteiger partial charge on any atom is -0.365 e. The third-order valence-electron chi connectivity index (χ3n) is 8.74. The van der Waals surface area contributed by atoms with Gasteiger partial charge >= 0.3 is 0 Å². The summed E-state index contributed by atoms with van der Waals surface area (Å²) >= 11 is 0. The average molecular weight is 332 g/mol. The maximum atomic E-state index is 12.0. The number of fused-ring (bicyclic) bond motifs is 5. The van der Waals surface area contributed by atoms with Gasteiger partial charge in [0.25, 0.3) is 0 Å². The van der Waals surface area contributed by atoms with E-state index in [2.05, 4.69) is 19.9 Å². The van der Waals surface area contributed by atoms with E-state index in [4.69, 9.17) is 0 Å². The highest BCUT2D eigenvalue weighted by atomic mass is 16.5. The lowest BCUT2D eigenvalue weighted by Crippen LogP contribution is -2.61. The number of hydrogen-bond acceptors (Lipinski definition) is 3. The van der Waals surface area contributed by atoms with Crippen molar-refractivity contribution in [2.45, 2.75) is 77.9 Å². The molecule has 0 heterocycles. The Balaban J connectivity index is 1.76. The van der Waals surface area contributed by atoms with Gasteiger partial charge in [-0.2, -0.15) is 0 Å². The van der Waals surface area contributed by atoms with Crippen LogP contribution in [0.4, 0.5) is 0 Å². The van der Waals surface area contributed by atoms with Crippen molar-refractivity contribution in [1.29, 1.82) is 0 Å². The second kappa shape index (κ2) is 5.17. The Morgan fingerprint density at radius 3 is 2.62 bits per heavy atom. The summed E-state index contributed by atoms with van der Waals surface area (Å²) in [5.74, 6) is 0.167. The van der Waals surface area contributed by atoms with E-state index in [1.165, 1.54) is 24.8 Å². The maximum absolute atomic E-state index is 12.0. The number of carbonyl (C=O) groups excluding carboxylic acids is 1. The molecular formula is C21H32O3. The number of hydrogen-bond donors (Lipinski definition) is 2. The van der Waals surface area contributed by atoms with Crippen molar-refractivity contribution in [3.05, 3.63) is 11.6 Å². The summed E-state index contributed by atoms with van der Waals surface area (Å²) in [7, 11) is 0. The van der Waals surface area contributed by atoms with Crippen LogP contribution in [0, 0.1) is 34.5 Å². The van der Waals surface area contributed by atoms with Gasteiger partial charge < -0.3 is 10.2 Å². The van der Waals surface area contributed by atoms with Crippen LogP contribution in [0.2, 0.25) is 0 Å². The minimum absolute atomic E-state index is 0.00841. The van der Waals surface area contributed by atoms with Crippen LogP contribution in [0.1, 0.15) is 72.1 Å². The predicted molar refractivity (Wildman–Crippen MR) is 93.0 cm³/mol. The Labute approximate surface area is 145 Å². The van der Waals surface area contributed by atoms with E-state index in [0.717, 1.165) is 25.2 Å². The molecule has 3 nitrogen and oxygen atoms in total. The zero-order chi connectivity index (χ0) is 17.3. The first-order valence-corrected chi connectivity index (χ1v) is 9.91. The molecule has 0 spiro atoms. The first kappa shape index (κ1) is 16.8. The van der Waals surface area contributed by atoms with Gasteiger partial charge in [0.1, 0.15) is 5.78 Å². The molecule has 6 atom stereocenters. The van der Waals surface area contributed by atoms with Crippen LogP contribution in [0.15, 0.2) is 11.6 Å². The van der Waals surface area contributed by atoms with Crippen molar-refractivity contribution in [3.8, 4) is 0 Å². The van der Waals surface area contributed by atoms with Crippen LogP contribution >= 0.6 is 0 Å². The first-order chi connectivity index (χ1) is 11.2. The van der Waals surface area contributed by atoms with E-state index in [1.807, 2.05) is 6.92 Å². The molecule has 4 aliphatic carbocycles. The number of ketones is 1. The van der Waals surface area contributed by atoms with Gasteiger partial charge in [-0.15, -0.1) is 0 Å². The third kappa shape index (κ3) is 1.94. The van der Waals surface area contributed by atoms with Crippen molar-refractivity contribution in [2.24, 2.45) is 34.5 Å². The minimum atomic E-state index is -1.88. The SMILES string of the molecule is CC[C@H]1CC[C@H]2[C@@H]3CCC4CC(=O)CC(O)(O)[C@]4(C)C3=CC[C@]12C. The second-order valence-electron chi connectivity index (χ2n) is 9.48. The van der Waals surface area contributed by atoms with Crippen LogP contribution in [-0.4, -0.2) is 21.8 Å². The van der Waals surface area contributed by atoms with Gasteiger partial charge in [0, 0.05) is 11.8 Å². The van der Waals surface area contributed by atoms with Crippen molar-refractivity contribution in [1.82, 2.24) is 0 Å². The van der Waals surface area contributed by atoms with Gasteiger partial charge in [-0.25, -0.2) is 0 Å². The highest BCUT2D eigenvalue weighted by molar-refractivity contribution is 5.81. The normalized spacial score (nSPS) is 49.9. The molecule has 0 amide bonds. The van der Waals surface area contributed by atoms with Gasteiger partial charge in [0.05, 0.1) is 6.42 Å². The van der Waals surface area contributed by atoms with Gasteiger partial charge in [0.15, 0.2) is 5.79 Å². The Hall–Kier alpha value is -0.670. The Morgan fingerprint density at radius 2 is 1.92 bits per heavy atom. The molecule has 2 N–H and O–H groups in total. The smallest absolute Gasteiger partial charge is 0.179 e. The number of rotatable bonds is 1. The maximum Gasteiger partial charge on any atom is 0.179 e. The largest absolute Gasteiger partial charge is 0.365 e. The molecule has 0 saturated heterocycles. The fraction of sp³-hybridized carbons (Fsp3) is 0.857. The highest BCUT2D eigenvalue weighted by Gasteiger charge is 2.63. The standard InChI is InChI=1S/C21H32O3/c1-4-13-6-8-17-16-7-5-14-11-15(22)12-21(23,24)20(14,3)18(16)9-10-19(13,17)2/h9,13-14,16-17,23-24H,4-8,10-12H2,1-3H3/t13-,14?,16-,17-,19+,20-/m0/s1. The monoisotopic (exact) mass is 332 g/mol. The van der Waals surface area contributed by atoms with Gasteiger partial charge in [-0.1, -0.05) is 38.8 Å². The zero-order valence-electron chi connectivity index (χ0n) is 15.3.